The number of hydrazone groups is 1. The van der Waals surface area contributed by atoms with E-state index in [2.05, 4.69) is 19.2 Å². The Morgan fingerprint density at radius 1 is 1.12 bits per heavy atom. The van der Waals surface area contributed by atoms with Crippen LogP contribution in [0.15, 0.2) is 47.6 Å². The number of amides is 2. The Morgan fingerprint density at radius 3 is 2.61 bits per heavy atom. The van der Waals surface area contributed by atoms with E-state index in [1.54, 1.807) is 14.2 Å². The molecule has 1 aliphatic rings. The first-order chi connectivity index (χ1) is 16.0. The standard InChI is InChI=1S/C26H33N3O4/c1-5-7-11-24(30)27-21-10-8-9-18(14-21)17-29-25(31)16-19(6-2)26(28-29)20-12-13-22(32-3)23(15-20)33-4/h8-10,12-15,19H,5-7,11,16-17H2,1-4H3,(H,27,30). The summed E-state index contributed by atoms with van der Waals surface area (Å²) in [5.41, 5.74) is 3.41. The number of methoxy groups -OCH3 is 2. The van der Waals surface area contributed by atoms with Crippen molar-refractivity contribution in [2.75, 3.05) is 19.5 Å². The topological polar surface area (TPSA) is 80.2 Å². The third-order valence-electron chi connectivity index (χ3n) is 5.80. The fourth-order valence-electron chi connectivity index (χ4n) is 3.91. The second-order valence-electron chi connectivity index (χ2n) is 8.17. The Hall–Kier alpha value is -3.35. The Bertz CT molecular complexity index is 1020. The molecule has 7 heteroatoms. The number of hydrogen-bond acceptors (Lipinski definition) is 5. The summed E-state index contributed by atoms with van der Waals surface area (Å²) in [6.07, 6.45) is 3.55. The van der Waals surface area contributed by atoms with Gasteiger partial charge in [-0.1, -0.05) is 32.4 Å². The lowest BCUT2D eigenvalue weighted by atomic mass is 9.89. The van der Waals surface area contributed by atoms with Crippen LogP contribution < -0.4 is 14.8 Å². The second kappa shape index (κ2) is 11.5. The summed E-state index contributed by atoms with van der Waals surface area (Å²) in [5, 5.41) is 9.22. The molecule has 2 amide bonds. The molecule has 3 rings (SSSR count). The molecule has 0 spiro atoms. The van der Waals surface area contributed by atoms with Gasteiger partial charge >= 0.3 is 0 Å². The number of rotatable bonds is 10. The molecule has 0 bridgehead atoms. The summed E-state index contributed by atoms with van der Waals surface area (Å²) in [6.45, 7) is 4.46. The zero-order valence-electron chi connectivity index (χ0n) is 19.9. The highest BCUT2D eigenvalue weighted by Gasteiger charge is 2.29. The molecule has 176 valence electrons. The molecule has 1 aliphatic heterocycles. The van der Waals surface area contributed by atoms with Crippen LogP contribution in [0.2, 0.25) is 0 Å². The average Bonchev–Trinajstić information content (AvgIpc) is 2.83. The fourth-order valence-corrected chi connectivity index (χ4v) is 3.91. The lowest BCUT2D eigenvalue weighted by molar-refractivity contribution is -0.133. The molecule has 0 aliphatic carbocycles. The lowest BCUT2D eigenvalue weighted by Gasteiger charge is -2.29. The first-order valence-electron chi connectivity index (χ1n) is 11.5. The Labute approximate surface area is 195 Å². The first-order valence-corrected chi connectivity index (χ1v) is 11.5. The molecule has 0 saturated heterocycles. The molecule has 7 nitrogen and oxygen atoms in total. The normalized spacial score (nSPS) is 15.8. The van der Waals surface area contributed by atoms with E-state index in [0.717, 1.165) is 41.8 Å². The predicted molar refractivity (Wildman–Crippen MR) is 130 cm³/mol. The van der Waals surface area contributed by atoms with E-state index in [1.807, 2.05) is 42.5 Å². The van der Waals surface area contributed by atoms with E-state index in [-0.39, 0.29) is 17.7 Å². The van der Waals surface area contributed by atoms with E-state index >= 15 is 0 Å². The van der Waals surface area contributed by atoms with Crippen LogP contribution in [-0.2, 0) is 16.1 Å². The molecular formula is C26H33N3O4. The van der Waals surface area contributed by atoms with Crippen molar-refractivity contribution in [1.82, 2.24) is 5.01 Å². The van der Waals surface area contributed by atoms with Crippen LogP contribution in [0.25, 0.3) is 0 Å². The van der Waals surface area contributed by atoms with Crippen molar-refractivity contribution in [2.24, 2.45) is 11.0 Å². The molecule has 1 heterocycles. The number of nitrogens with zero attached hydrogens (tertiary/aromatic N) is 2. The van der Waals surface area contributed by atoms with Gasteiger partial charge < -0.3 is 14.8 Å². The minimum atomic E-state index is -0.0107. The van der Waals surface area contributed by atoms with E-state index in [1.165, 1.54) is 5.01 Å². The van der Waals surface area contributed by atoms with Crippen molar-refractivity contribution < 1.29 is 19.1 Å². The van der Waals surface area contributed by atoms with Crippen molar-refractivity contribution in [3.8, 4) is 11.5 Å². The van der Waals surface area contributed by atoms with E-state index in [4.69, 9.17) is 14.6 Å². The number of anilines is 1. The van der Waals surface area contributed by atoms with Crippen molar-refractivity contribution in [1.29, 1.82) is 0 Å². The van der Waals surface area contributed by atoms with E-state index in [0.29, 0.717) is 30.9 Å². The molecule has 0 saturated carbocycles. The van der Waals surface area contributed by atoms with Gasteiger partial charge in [0.25, 0.3) is 0 Å². The molecule has 2 aromatic rings. The summed E-state index contributed by atoms with van der Waals surface area (Å²) in [6, 6.07) is 13.3. The quantitative estimate of drug-likeness (QED) is 0.552. The van der Waals surface area contributed by atoms with Crippen LogP contribution in [0.5, 0.6) is 11.5 Å². The molecule has 33 heavy (non-hydrogen) atoms. The van der Waals surface area contributed by atoms with Gasteiger partial charge in [-0.2, -0.15) is 5.10 Å². The highest BCUT2D eigenvalue weighted by Crippen LogP contribution is 2.31. The number of ether oxygens (including phenoxy) is 2. The maximum atomic E-state index is 12.9. The van der Waals surface area contributed by atoms with Crippen LogP contribution in [0.4, 0.5) is 5.69 Å². The molecule has 0 fully saturated rings. The number of benzene rings is 2. The van der Waals surface area contributed by atoms with Crippen LogP contribution >= 0.6 is 0 Å². The molecular weight excluding hydrogens is 418 g/mol. The van der Waals surface area contributed by atoms with Gasteiger partial charge in [0.2, 0.25) is 11.8 Å². The highest BCUT2D eigenvalue weighted by atomic mass is 16.5. The van der Waals surface area contributed by atoms with Gasteiger partial charge in [-0.25, -0.2) is 5.01 Å². The summed E-state index contributed by atoms with van der Waals surface area (Å²) >= 11 is 0. The van der Waals surface area contributed by atoms with Gasteiger partial charge in [0.1, 0.15) is 0 Å². The van der Waals surface area contributed by atoms with Gasteiger partial charge in [0.15, 0.2) is 11.5 Å². The van der Waals surface area contributed by atoms with Gasteiger partial charge in [-0.05, 0) is 48.7 Å². The zero-order chi connectivity index (χ0) is 23.8. The number of unbranched alkanes of at least 4 members (excludes halogenated alkanes) is 1. The minimum Gasteiger partial charge on any atom is -0.493 e. The fraction of sp³-hybridized carbons (Fsp3) is 0.423. The molecule has 1 atom stereocenters. The summed E-state index contributed by atoms with van der Waals surface area (Å²) < 4.78 is 10.8. The van der Waals surface area contributed by atoms with Crippen molar-refractivity contribution >= 4 is 23.2 Å². The van der Waals surface area contributed by atoms with E-state index in [9.17, 15) is 9.59 Å². The van der Waals surface area contributed by atoms with Crippen LogP contribution in [0.1, 0.15) is 57.1 Å². The van der Waals surface area contributed by atoms with Crippen LogP contribution in [-0.4, -0.2) is 36.8 Å². The molecule has 0 radical (unpaired) electrons. The van der Waals surface area contributed by atoms with Crippen molar-refractivity contribution in [3.05, 3.63) is 53.6 Å². The second-order valence-corrected chi connectivity index (χ2v) is 8.17. The van der Waals surface area contributed by atoms with Crippen molar-refractivity contribution in [3.63, 3.8) is 0 Å². The van der Waals surface area contributed by atoms with Gasteiger partial charge in [-0.15, -0.1) is 0 Å². The highest BCUT2D eigenvalue weighted by molar-refractivity contribution is 6.06. The molecule has 0 aromatic heterocycles. The number of nitrogens with one attached hydrogen (secondary N) is 1. The van der Waals surface area contributed by atoms with Gasteiger partial charge in [0.05, 0.1) is 26.5 Å². The maximum Gasteiger partial charge on any atom is 0.243 e. The Kier molecular flexibility index (Phi) is 8.46. The number of carbonyl (C=O) groups is 2. The predicted octanol–water partition coefficient (Wildman–Crippen LogP) is 5.00. The van der Waals surface area contributed by atoms with E-state index < -0.39 is 0 Å². The molecule has 1 unspecified atom stereocenters. The number of carbonyl (C=O) groups excluding carboxylic acids is 2. The molecule has 1 N–H and O–H groups in total. The van der Waals surface area contributed by atoms with Gasteiger partial charge in [0, 0.05) is 30.0 Å². The van der Waals surface area contributed by atoms with Crippen LogP contribution in [0, 0.1) is 5.92 Å². The SMILES string of the molecule is CCCCC(=O)Nc1cccc(CN2N=C(c3ccc(OC)c(OC)c3)C(CC)CC2=O)c1. The Morgan fingerprint density at radius 2 is 1.91 bits per heavy atom. The molecule has 2 aromatic carbocycles. The number of hydrogen-bond donors (Lipinski definition) is 1. The lowest BCUT2D eigenvalue weighted by Crippen LogP contribution is -2.36. The average molecular weight is 452 g/mol. The largest absolute Gasteiger partial charge is 0.493 e. The summed E-state index contributed by atoms with van der Waals surface area (Å²) in [4.78, 5) is 24.9. The van der Waals surface area contributed by atoms with Gasteiger partial charge in [-0.3, -0.25) is 9.59 Å². The zero-order valence-corrected chi connectivity index (χ0v) is 19.9. The smallest absolute Gasteiger partial charge is 0.243 e. The van der Waals surface area contributed by atoms with Crippen LogP contribution in [0.3, 0.4) is 0 Å². The monoisotopic (exact) mass is 451 g/mol. The summed E-state index contributed by atoms with van der Waals surface area (Å²) in [7, 11) is 3.21. The maximum absolute atomic E-state index is 12.9. The summed E-state index contributed by atoms with van der Waals surface area (Å²) in [5.74, 6) is 1.31. The first kappa shape index (κ1) is 24.3. The minimum absolute atomic E-state index is 0.00240. The van der Waals surface area contributed by atoms with Crippen molar-refractivity contribution in [2.45, 2.75) is 52.5 Å². The third-order valence-corrected chi connectivity index (χ3v) is 5.80. The third kappa shape index (κ3) is 6.12. The Balaban J connectivity index is 1.84.